The Balaban J connectivity index is 1.82. The van der Waals surface area contributed by atoms with Crippen LogP contribution in [0, 0.1) is 0 Å². The molecule has 30 heavy (non-hydrogen) atoms. The highest BCUT2D eigenvalue weighted by Gasteiger charge is 2.37. The molecule has 1 aliphatic carbocycles. The van der Waals surface area contributed by atoms with Crippen molar-refractivity contribution in [2.24, 2.45) is 0 Å². The Labute approximate surface area is 177 Å². The molecule has 4 aromatic rings. The molecule has 0 spiro atoms. The molecule has 0 atom stereocenters. The molecule has 2 aromatic carbocycles. The lowest BCUT2D eigenvalue weighted by atomic mass is 9.72. The summed E-state index contributed by atoms with van der Waals surface area (Å²) in [4.78, 5) is 13.8. The SMILES string of the molecule is COc1ccc2c(c1)-c1c(c(=O)n(Cc3ccc(Cl)cc3)c3nnnn13)C(C)(C)C2. The van der Waals surface area contributed by atoms with Crippen LogP contribution in [0.25, 0.3) is 17.0 Å². The molecule has 0 aliphatic heterocycles. The Morgan fingerprint density at radius 1 is 1.17 bits per heavy atom. The second-order valence-electron chi connectivity index (χ2n) is 8.22. The van der Waals surface area contributed by atoms with Crippen molar-refractivity contribution in [3.8, 4) is 17.0 Å². The standard InChI is InChI=1S/C22H20ClN5O2/c1-22(2)11-14-6-9-16(30-3)10-17(14)19-18(22)20(29)27(21-24-25-26-28(19)21)12-13-4-7-15(23)8-5-13/h4-10H,11-12H2,1-3H3. The van der Waals surface area contributed by atoms with Crippen LogP contribution in [0.5, 0.6) is 5.75 Å². The first-order chi connectivity index (χ1) is 14.4. The molecular formula is C22H20ClN5O2. The Morgan fingerprint density at radius 3 is 2.67 bits per heavy atom. The molecule has 2 aromatic heterocycles. The summed E-state index contributed by atoms with van der Waals surface area (Å²) < 4.78 is 8.73. The van der Waals surface area contributed by atoms with Crippen molar-refractivity contribution in [2.45, 2.75) is 32.2 Å². The molecule has 7 nitrogen and oxygen atoms in total. The Hall–Kier alpha value is -3.19. The van der Waals surface area contributed by atoms with E-state index in [1.807, 2.05) is 42.5 Å². The fourth-order valence-corrected chi connectivity index (χ4v) is 4.45. The van der Waals surface area contributed by atoms with Crippen LogP contribution in [-0.2, 0) is 18.4 Å². The third-order valence-electron chi connectivity index (χ3n) is 5.74. The summed E-state index contributed by atoms with van der Waals surface area (Å²) in [5, 5.41) is 12.9. The van der Waals surface area contributed by atoms with Crippen LogP contribution < -0.4 is 10.3 Å². The van der Waals surface area contributed by atoms with Gasteiger partial charge in [0, 0.05) is 16.0 Å². The average molecular weight is 422 g/mol. The summed E-state index contributed by atoms with van der Waals surface area (Å²) >= 11 is 6.01. The van der Waals surface area contributed by atoms with E-state index in [1.54, 1.807) is 16.2 Å². The molecule has 0 fully saturated rings. The first-order valence-corrected chi connectivity index (χ1v) is 10.0. The first kappa shape index (κ1) is 18.8. The van der Waals surface area contributed by atoms with Gasteiger partial charge in [-0.25, -0.2) is 0 Å². The number of halogens is 1. The zero-order valence-corrected chi connectivity index (χ0v) is 17.6. The summed E-state index contributed by atoms with van der Waals surface area (Å²) in [7, 11) is 1.63. The van der Waals surface area contributed by atoms with Gasteiger partial charge in [0.25, 0.3) is 11.3 Å². The first-order valence-electron chi connectivity index (χ1n) is 9.66. The lowest BCUT2D eigenvalue weighted by molar-refractivity contribution is 0.414. The van der Waals surface area contributed by atoms with Gasteiger partial charge < -0.3 is 4.74 Å². The molecule has 0 saturated heterocycles. The topological polar surface area (TPSA) is 74.3 Å². The molecule has 152 valence electrons. The minimum Gasteiger partial charge on any atom is -0.497 e. The molecule has 1 aliphatic rings. The molecular weight excluding hydrogens is 402 g/mol. The highest BCUT2D eigenvalue weighted by Crippen LogP contribution is 2.42. The molecule has 0 amide bonds. The van der Waals surface area contributed by atoms with Crippen LogP contribution in [0.4, 0.5) is 0 Å². The van der Waals surface area contributed by atoms with Gasteiger partial charge in [-0.2, -0.15) is 4.52 Å². The predicted molar refractivity (Wildman–Crippen MR) is 114 cm³/mol. The molecule has 0 unspecified atom stereocenters. The van der Waals surface area contributed by atoms with E-state index in [0.717, 1.165) is 34.6 Å². The van der Waals surface area contributed by atoms with Gasteiger partial charge in [-0.3, -0.25) is 9.36 Å². The van der Waals surface area contributed by atoms with E-state index in [0.29, 0.717) is 22.9 Å². The zero-order chi connectivity index (χ0) is 21.0. The largest absolute Gasteiger partial charge is 0.497 e. The van der Waals surface area contributed by atoms with Crippen LogP contribution in [0.3, 0.4) is 0 Å². The van der Waals surface area contributed by atoms with Crippen molar-refractivity contribution in [3.63, 3.8) is 0 Å². The van der Waals surface area contributed by atoms with E-state index in [2.05, 4.69) is 29.4 Å². The smallest absolute Gasteiger partial charge is 0.259 e. The zero-order valence-electron chi connectivity index (χ0n) is 16.9. The number of tetrazole rings is 1. The maximum atomic E-state index is 13.8. The number of fused-ring (bicyclic) bond motifs is 5. The maximum absolute atomic E-state index is 13.8. The van der Waals surface area contributed by atoms with Gasteiger partial charge in [-0.1, -0.05) is 48.7 Å². The van der Waals surface area contributed by atoms with Gasteiger partial charge in [0.2, 0.25) is 0 Å². The number of ether oxygens (including phenoxy) is 1. The minimum atomic E-state index is -0.379. The van der Waals surface area contributed by atoms with E-state index in [4.69, 9.17) is 16.3 Å². The lowest BCUT2D eigenvalue weighted by Crippen LogP contribution is -2.39. The Bertz CT molecular complexity index is 1340. The molecule has 2 heterocycles. The molecule has 0 radical (unpaired) electrons. The second-order valence-corrected chi connectivity index (χ2v) is 8.65. The van der Waals surface area contributed by atoms with Crippen LogP contribution in [0.2, 0.25) is 5.02 Å². The van der Waals surface area contributed by atoms with Crippen LogP contribution >= 0.6 is 11.6 Å². The average Bonchev–Trinajstić information content (AvgIpc) is 3.20. The van der Waals surface area contributed by atoms with E-state index < -0.39 is 0 Å². The quantitative estimate of drug-likeness (QED) is 0.506. The maximum Gasteiger partial charge on any atom is 0.259 e. The summed E-state index contributed by atoms with van der Waals surface area (Å²) in [5.41, 5.74) is 3.99. The highest BCUT2D eigenvalue weighted by molar-refractivity contribution is 6.30. The predicted octanol–water partition coefficient (Wildman–Crippen LogP) is 3.50. The van der Waals surface area contributed by atoms with Gasteiger partial charge in [-0.05, 0) is 52.2 Å². The monoisotopic (exact) mass is 421 g/mol. The molecule has 0 N–H and O–H groups in total. The number of methoxy groups -OCH3 is 1. The normalized spacial score (nSPS) is 14.4. The fraction of sp³-hybridized carbons (Fsp3) is 0.273. The van der Waals surface area contributed by atoms with Crippen LogP contribution in [0.15, 0.2) is 47.3 Å². The second kappa shape index (κ2) is 6.67. The highest BCUT2D eigenvalue weighted by atomic mass is 35.5. The van der Waals surface area contributed by atoms with E-state index in [9.17, 15) is 4.79 Å². The van der Waals surface area contributed by atoms with Gasteiger partial charge in [0.15, 0.2) is 0 Å². The number of hydrogen-bond donors (Lipinski definition) is 0. The number of rotatable bonds is 3. The van der Waals surface area contributed by atoms with E-state index >= 15 is 0 Å². The lowest BCUT2D eigenvalue weighted by Gasteiger charge is -2.33. The number of benzene rings is 2. The third kappa shape index (κ3) is 2.81. The minimum absolute atomic E-state index is 0.0827. The number of nitrogens with zero attached hydrogens (tertiary/aromatic N) is 5. The number of hydrogen-bond acceptors (Lipinski definition) is 5. The van der Waals surface area contributed by atoms with Gasteiger partial charge >= 0.3 is 0 Å². The van der Waals surface area contributed by atoms with Crippen LogP contribution in [0.1, 0.15) is 30.5 Å². The number of aromatic nitrogens is 5. The summed E-state index contributed by atoms with van der Waals surface area (Å²) in [6.07, 6.45) is 0.739. The van der Waals surface area contributed by atoms with Crippen molar-refractivity contribution in [1.82, 2.24) is 24.6 Å². The summed E-state index contributed by atoms with van der Waals surface area (Å²) in [6, 6.07) is 13.4. The van der Waals surface area contributed by atoms with E-state index in [1.165, 1.54) is 0 Å². The Morgan fingerprint density at radius 2 is 1.93 bits per heavy atom. The fourth-order valence-electron chi connectivity index (χ4n) is 4.32. The van der Waals surface area contributed by atoms with Crippen molar-refractivity contribution in [2.75, 3.05) is 7.11 Å². The van der Waals surface area contributed by atoms with Crippen molar-refractivity contribution in [1.29, 1.82) is 0 Å². The summed E-state index contributed by atoms with van der Waals surface area (Å²) in [5.74, 6) is 1.13. The van der Waals surface area contributed by atoms with Gasteiger partial charge in [0.05, 0.1) is 24.9 Å². The van der Waals surface area contributed by atoms with Crippen molar-refractivity contribution >= 4 is 17.4 Å². The van der Waals surface area contributed by atoms with Crippen molar-refractivity contribution < 1.29 is 4.74 Å². The Kier molecular flexibility index (Phi) is 4.18. The van der Waals surface area contributed by atoms with Crippen molar-refractivity contribution in [3.05, 3.63) is 74.5 Å². The molecule has 0 saturated carbocycles. The van der Waals surface area contributed by atoms with Crippen LogP contribution in [-0.4, -0.2) is 31.7 Å². The third-order valence-corrected chi connectivity index (χ3v) is 5.99. The van der Waals surface area contributed by atoms with Gasteiger partial charge in [-0.15, -0.1) is 0 Å². The molecule has 8 heteroatoms. The molecule has 5 rings (SSSR count). The molecule has 0 bridgehead atoms. The van der Waals surface area contributed by atoms with E-state index in [-0.39, 0.29) is 11.0 Å². The summed E-state index contributed by atoms with van der Waals surface area (Å²) in [6.45, 7) is 4.53. The van der Waals surface area contributed by atoms with Gasteiger partial charge in [0.1, 0.15) is 5.75 Å².